The molecule has 0 unspecified atom stereocenters. The highest BCUT2D eigenvalue weighted by Gasteiger charge is 2.26. The Morgan fingerprint density at radius 2 is 1.68 bits per heavy atom. The Hall–Kier alpha value is -4.15. The minimum absolute atomic E-state index is 0.0604. The molecule has 0 aliphatic heterocycles. The SMILES string of the molecule is CCOc1cc(C(=O)OCC(=O)NC(=O)c2ccccc2OC)c([N+](=O)[O-])cc1OC. The number of imide groups is 1. The van der Waals surface area contributed by atoms with Gasteiger partial charge >= 0.3 is 5.97 Å². The van der Waals surface area contributed by atoms with Gasteiger partial charge in [0.1, 0.15) is 11.3 Å². The van der Waals surface area contributed by atoms with E-state index in [0.29, 0.717) is 0 Å². The van der Waals surface area contributed by atoms with Crippen molar-refractivity contribution in [2.75, 3.05) is 27.4 Å². The molecule has 1 N–H and O–H groups in total. The summed E-state index contributed by atoms with van der Waals surface area (Å²) in [5.41, 5.74) is -0.911. The number of carbonyl (C=O) groups excluding carboxylic acids is 3. The number of nitrogens with zero attached hydrogens (tertiary/aromatic N) is 1. The van der Waals surface area contributed by atoms with E-state index >= 15 is 0 Å². The van der Waals surface area contributed by atoms with Gasteiger partial charge in [0.25, 0.3) is 17.5 Å². The third-order valence-electron chi connectivity index (χ3n) is 3.94. The molecule has 11 nitrogen and oxygen atoms in total. The van der Waals surface area contributed by atoms with Gasteiger partial charge in [0.05, 0.1) is 37.4 Å². The molecule has 0 bridgehead atoms. The molecule has 0 heterocycles. The van der Waals surface area contributed by atoms with Crippen LogP contribution < -0.4 is 19.5 Å². The van der Waals surface area contributed by atoms with Crippen LogP contribution in [0.1, 0.15) is 27.6 Å². The zero-order valence-corrected chi connectivity index (χ0v) is 17.0. The largest absolute Gasteiger partial charge is 0.496 e. The number of nitro benzene ring substituents is 1. The van der Waals surface area contributed by atoms with E-state index in [1.807, 2.05) is 0 Å². The Morgan fingerprint density at radius 1 is 1.00 bits per heavy atom. The zero-order chi connectivity index (χ0) is 23.0. The summed E-state index contributed by atoms with van der Waals surface area (Å²) in [7, 11) is 2.66. The normalized spacial score (nSPS) is 10.0. The number of carbonyl (C=O) groups is 3. The van der Waals surface area contributed by atoms with E-state index in [4.69, 9.17) is 18.9 Å². The van der Waals surface area contributed by atoms with E-state index in [9.17, 15) is 24.5 Å². The fourth-order valence-electron chi connectivity index (χ4n) is 2.56. The fourth-order valence-corrected chi connectivity index (χ4v) is 2.56. The quantitative estimate of drug-likeness (QED) is 0.358. The molecule has 2 amide bonds. The number of para-hydroxylation sites is 1. The van der Waals surface area contributed by atoms with Crippen LogP contribution in [0.2, 0.25) is 0 Å². The van der Waals surface area contributed by atoms with E-state index < -0.39 is 40.6 Å². The molecule has 0 saturated heterocycles. The molecule has 31 heavy (non-hydrogen) atoms. The van der Waals surface area contributed by atoms with E-state index in [1.165, 1.54) is 26.4 Å². The second-order valence-corrected chi connectivity index (χ2v) is 5.86. The van der Waals surface area contributed by atoms with Crippen molar-refractivity contribution in [3.63, 3.8) is 0 Å². The summed E-state index contributed by atoms with van der Waals surface area (Å²) >= 11 is 0. The van der Waals surface area contributed by atoms with E-state index in [-0.39, 0.29) is 29.4 Å². The molecular weight excluding hydrogens is 412 g/mol. The van der Waals surface area contributed by atoms with Gasteiger partial charge in [0.2, 0.25) is 0 Å². The van der Waals surface area contributed by atoms with Gasteiger partial charge in [-0.05, 0) is 19.1 Å². The fraction of sp³-hybridized carbons (Fsp3) is 0.250. The first-order valence-corrected chi connectivity index (χ1v) is 8.95. The minimum Gasteiger partial charge on any atom is -0.496 e. The van der Waals surface area contributed by atoms with Gasteiger partial charge in [-0.25, -0.2) is 4.79 Å². The smallest absolute Gasteiger partial charge is 0.345 e. The molecule has 0 fully saturated rings. The number of amides is 2. The second-order valence-electron chi connectivity index (χ2n) is 5.86. The Kier molecular flexibility index (Phi) is 7.89. The first kappa shape index (κ1) is 23.1. The lowest BCUT2D eigenvalue weighted by atomic mass is 10.1. The van der Waals surface area contributed by atoms with E-state index in [0.717, 1.165) is 12.1 Å². The minimum atomic E-state index is -1.14. The van der Waals surface area contributed by atoms with Crippen molar-refractivity contribution in [2.45, 2.75) is 6.92 Å². The highest BCUT2D eigenvalue weighted by atomic mass is 16.6. The first-order chi connectivity index (χ1) is 14.8. The number of benzene rings is 2. The molecule has 0 aliphatic carbocycles. The molecule has 2 rings (SSSR count). The molecular formula is C20H20N2O9. The number of hydrogen-bond donors (Lipinski definition) is 1. The third-order valence-corrected chi connectivity index (χ3v) is 3.94. The van der Waals surface area contributed by atoms with Crippen molar-refractivity contribution in [3.05, 3.63) is 57.6 Å². The van der Waals surface area contributed by atoms with Gasteiger partial charge in [-0.2, -0.15) is 0 Å². The Bertz CT molecular complexity index is 1000. The maximum Gasteiger partial charge on any atom is 0.345 e. The number of esters is 1. The predicted octanol–water partition coefficient (Wildman–Crippen LogP) is 2.12. The molecule has 0 atom stereocenters. The first-order valence-electron chi connectivity index (χ1n) is 8.95. The zero-order valence-electron chi connectivity index (χ0n) is 17.0. The van der Waals surface area contributed by atoms with Crippen LogP contribution in [0.5, 0.6) is 17.2 Å². The third kappa shape index (κ3) is 5.69. The summed E-state index contributed by atoms with van der Waals surface area (Å²) in [5, 5.41) is 13.4. The number of rotatable bonds is 9. The van der Waals surface area contributed by atoms with Crippen molar-refractivity contribution < 1.29 is 38.3 Å². The summed E-state index contributed by atoms with van der Waals surface area (Å²) in [5.74, 6) is -2.42. The summed E-state index contributed by atoms with van der Waals surface area (Å²) in [6.45, 7) is 1.06. The van der Waals surface area contributed by atoms with Gasteiger partial charge in [-0.1, -0.05) is 12.1 Å². The van der Waals surface area contributed by atoms with Gasteiger partial charge in [-0.3, -0.25) is 25.0 Å². The Morgan fingerprint density at radius 3 is 2.29 bits per heavy atom. The summed E-state index contributed by atoms with van der Waals surface area (Å²) in [6.07, 6.45) is 0. The van der Waals surface area contributed by atoms with Gasteiger partial charge < -0.3 is 18.9 Å². The molecule has 2 aromatic carbocycles. The Balaban J connectivity index is 2.12. The number of hydrogen-bond acceptors (Lipinski definition) is 9. The molecule has 2 aromatic rings. The van der Waals surface area contributed by atoms with Crippen LogP contribution in [0.25, 0.3) is 0 Å². The molecule has 0 aliphatic rings. The van der Waals surface area contributed by atoms with Crippen molar-refractivity contribution in [3.8, 4) is 17.2 Å². The molecule has 0 saturated carbocycles. The molecule has 0 spiro atoms. The second kappa shape index (κ2) is 10.6. The van der Waals surface area contributed by atoms with Gasteiger partial charge in [0, 0.05) is 6.07 Å². The lowest BCUT2D eigenvalue weighted by Crippen LogP contribution is -2.34. The van der Waals surface area contributed by atoms with Crippen molar-refractivity contribution >= 4 is 23.5 Å². The highest BCUT2D eigenvalue weighted by molar-refractivity contribution is 6.07. The summed E-state index contributed by atoms with van der Waals surface area (Å²) < 4.78 is 20.2. The molecule has 0 aromatic heterocycles. The van der Waals surface area contributed by atoms with Crippen molar-refractivity contribution in [2.24, 2.45) is 0 Å². The molecule has 0 radical (unpaired) electrons. The maximum absolute atomic E-state index is 12.4. The lowest BCUT2D eigenvalue weighted by molar-refractivity contribution is -0.385. The van der Waals surface area contributed by atoms with Gasteiger partial charge in [0.15, 0.2) is 18.1 Å². The predicted molar refractivity (Wildman–Crippen MR) is 107 cm³/mol. The van der Waals surface area contributed by atoms with Crippen LogP contribution in [0.15, 0.2) is 36.4 Å². The number of nitrogens with one attached hydrogen (secondary N) is 1. The van der Waals surface area contributed by atoms with Gasteiger partial charge in [-0.15, -0.1) is 0 Å². The lowest BCUT2D eigenvalue weighted by Gasteiger charge is -2.12. The standard InChI is InChI=1S/C20H20N2O9/c1-4-30-17-9-13(14(22(26)27)10-16(17)29-3)20(25)31-11-18(23)21-19(24)12-7-5-6-8-15(12)28-2/h5-10H,4,11H2,1-3H3,(H,21,23,24). The summed E-state index contributed by atoms with van der Waals surface area (Å²) in [6, 6.07) is 8.34. The van der Waals surface area contributed by atoms with Crippen LogP contribution >= 0.6 is 0 Å². The summed E-state index contributed by atoms with van der Waals surface area (Å²) in [4.78, 5) is 47.1. The average Bonchev–Trinajstić information content (AvgIpc) is 2.77. The van der Waals surface area contributed by atoms with Crippen LogP contribution in [0.4, 0.5) is 5.69 Å². The van der Waals surface area contributed by atoms with E-state index in [1.54, 1.807) is 19.1 Å². The van der Waals surface area contributed by atoms with Crippen LogP contribution in [-0.4, -0.2) is 50.1 Å². The van der Waals surface area contributed by atoms with Crippen molar-refractivity contribution in [1.29, 1.82) is 0 Å². The molecule has 11 heteroatoms. The maximum atomic E-state index is 12.4. The molecule has 164 valence electrons. The highest BCUT2D eigenvalue weighted by Crippen LogP contribution is 2.35. The topological polar surface area (TPSA) is 143 Å². The monoisotopic (exact) mass is 432 g/mol. The van der Waals surface area contributed by atoms with Crippen LogP contribution in [0.3, 0.4) is 0 Å². The van der Waals surface area contributed by atoms with Crippen molar-refractivity contribution in [1.82, 2.24) is 5.32 Å². The average molecular weight is 432 g/mol. The number of methoxy groups -OCH3 is 2. The number of nitro groups is 1. The van der Waals surface area contributed by atoms with Crippen LogP contribution in [-0.2, 0) is 9.53 Å². The van der Waals surface area contributed by atoms with E-state index in [2.05, 4.69) is 5.32 Å². The number of ether oxygens (including phenoxy) is 4. The van der Waals surface area contributed by atoms with Crippen LogP contribution in [0, 0.1) is 10.1 Å². The Labute approximate surface area is 177 Å².